The smallest absolute Gasteiger partial charge is 0.246 e. The number of nitrogens with one attached hydrogen (secondary N) is 1. The zero-order valence-electron chi connectivity index (χ0n) is 16.9. The van der Waals surface area contributed by atoms with E-state index >= 15 is 0 Å². The number of thiazole rings is 1. The first-order valence-electron chi connectivity index (χ1n) is 10.2. The summed E-state index contributed by atoms with van der Waals surface area (Å²) in [7, 11) is 0. The van der Waals surface area contributed by atoms with Crippen molar-refractivity contribution in [2.45, 2.75) is 6.54 Å². The number of rotatable bonds is 7. The molecule has 3 aromatic rings. The van der Waals surface area contributed by atoms with Crippen LogP contribution in [0.25, 0.3) is 16.3 Å². The van der Waals surface area contributed by atoms with Crippen molar-refractivity contribution in [3.05, 3.63) is 77.8 Å². The standard InChI is InChI=1S/C24H25N3O2S/c1-2-17-29-20-10-7-19(8-11-20)9-12-24(28)27-15-13-26(14-16-27)18-23-25-21-5-3-4-6-22(21)30-23/h2-12H,1,13-18H2/p+1/b12-9+. The van der Waals surface area contributed by atoms with Gasteiger partial charge in [-0.05, 0) is 35.9 Å². The predicted octanol–water partition coefficient (Wildman–Crippen LogP) is 2.80. The van der Waals surface area contributed by atoms with E-state index < -0.39 is 0 Å². The average Bonchev–Trinajstić information content (AvgIpc) is 3.19. The third-order valence-corrected chi connectivity index (χ3v) is 6.22. The van der Waals surface area contributed by atoms with E-state index in [9.17, 15) is 4.79 Å². The molecule has 0 radical (unpaired) electrons. The molecule has 30 heavy (non-hydrogen) atoms. The van der Waals surface area contributed by atoms with E-state index in [4.69, 9.17) is 9.72 Å². The molecule has 154 valence electrons. The summed E-state index contributed by atoms with van der Waals surface area (Å²) in [5.41, 5.74) is 2.06. The van der Waals surface area contributed by atoms with Crippen LogP contribution in [0, 0.1) is 0 Å². The fourth-order valence-electron chi connectivity index (χ4n) is 3.53. The minimum atomic E-state index is 0.0704. The van der Waals surface area contributed by atoms with Crippen LogP contribution in [0.5, 0.6) is 5.75 Å². The van der Waals surface area contributed by atoms with Gasteiger partial charge in [0, 0.05) is 6.08 Å². The minimum Gasteiger partial charge on any atom is -0.490 e. The summed E-state index contributed by atoms with van der Waals surface area (Å²) in [6.45, 7) is 8.50. The highest BCUT2D eigenvalue weighted by atomic mass is 32.1. The van der Waals surface area contributed by atoms with Crippen LogP contribution in [-0.4, -0.2) is 48.6 Å². The van der Waals surface area contributed by atoms with Crippen molar-refractivity contribution in [3.63, 3.8) is 0 Å². The molecule has 5 nitrogen and oxygen atoms in total. The monoisotopic (exact) mass is 420 g/mol. The summed E-state index contributed by atoms with van der Waals surface area (Å²) in [5, 5.41) is 1.17. The zero-order chi connectivity index (χ0) is 20.8. The van der Waals surface area contributed by atoms with Crippen molar-refractivity contribution in [3.8, 4) is 5.75 Å². The molecule has 1 aliphatic heterocycles. The maximum atomic E-state index is 12.5. The molecule has 1 aromatic heterocycles. The Labute approximate surface area is 180 Å². The highest BCUT2D eigenvalue weighted by Gasteiger charge is 2.23. The largest absolute Gasteiger partial charge is 0.490 e. The molecular weight excluding hydrogens is 394 g/mol. The summed E-state index contributed by atoms with van der Waals surface area (Å²) >= 11 is 1.77. The van der Waals surface area contributed by atoms with E-state index in [1.807, 2.05) is 41.3 Å². The van der Waals surface area contributed by atoms with Crippen LogP contribution in [0.2, 0.25) is 0 Å². The molecule has 0 spiro atoms. The third-order valence-electron chi connectivity index (χ3n) is 5.19. The van der Waals surface area contributed by atoms with Crippen LogP contribution < -0.4 is 9.64 Å². The molecule has 1 N–H and O–H groups in total. The van der Waals surface area contributed by atoms with E-state index in [1.54, 1.807) is 23.5 Å². The van der Waals surface area contributed by atoms with Crippen LogP contribution in [0.3, 0.4) is 0 Å². The van der Waals surface area contributed by atoms with Crippen LogP contribution in [0.1, 0.15) is 10.6 Å². The highest BCUT2D eigenvalue weighted by Crippen LogP contribution is 2.20. The Bertz CT molecular complexity index is 1000. The van der Waals surface area contributed by atoms with Gasteiger partial charge in [0.1, 0.15) is 23.9 Å². The quantitative estimate of drug-likeness (QED) is 0.472. The molecule has 1 fully saturated rings. The van der Waals surface area contributed by atoms with Gasteiger partial charge in [-0.2, -0.15) is 0 Å². The van der Waals surface area contributed by atoms with Crippen molar-refractivity contribution in [2.24, 2.45) is 0 Å². The number of hydrogen-bond donors (Lipinski definition) is 1. The molecule has 0 aliphatic carbocycles. The second kappa shape index (κ2) is 9.69. The Balaban J connectivity index is 1.26. The van der Waals surface area contributed by atoms with Gasteiger partial charge in [0.05, 0.1) is 36.4 Å². The number of carbonyl (C=O) groups excluding carboxylic acids is 1. The number of aromatic nitrogens is 1. The summed E-state index contributed by atoms with van der Waals surface area (Å²) < 4.78 is 6.72. The molecule has 0 unspecified atom stereocenters. The van der Waals surface area contributed by atoms with Crippen molar-refractivity contribution in [2.75, 3.05) is 32.8 Å². The molecule has 2 heterocycles. The lowest BCUT2D eigenvalue weighted by molar-refractivity contribution is -0.917. The molecule has 1 aliphatic rings. The van der Waals surface area contributed by atoms with Gasteiger partial charge in [0.15, 0.2) is 0 Å². The predicted molar refractivity (Wildman–Crippen MR) is 122 cm³/mol. The lowest BCUT2D eigenvalue weighted by Gasteiger charge is -2.31. The molecule has 4 rings (SSSR count). The first-order chi connectivity index (χ1) is 14.7. The SMILES string of the molecule is C=CCOc1ccc(/C=C/C(=O)N2CC[NH+](Cc3nc4ccccc4s3)CC2)cc1. The fourth-order valence-corrected chi connectivity index (χ4v) is 4.57. The number of piperazine rings is 1. The van der Waals surface area contributed by atoms with Gasteiger partial charge in [-0.25, -0.2) is 4.98 Å². The molecule has 1 saturated heterocycles. The van der Waals surface area contributed by atoms with E-state index in [1.165, 1.54) is 14.6 Å². The van der Waals surface area contributed by atoms with Crippen LogP contribution >= 0.6 is 11.3 Å². The van der Waals surface area contributed by atoms with Crippen LogP contribution in [-0.2, 0) is 11.3 Å². The normalized spacial score (nSPS) is 15.0. The Morgan fingerprint density at radius 1 is 1.17 bits per heavy atom. The summed E-state index contributed by atoms with van der Waals surface area (Å²) in [5.74, 6) is 0.867. The van der Waals surface area contributed by atoms with E-state index in [2.05, 4.69) is 24.8 Å². The Morgan fingerprint density at radius 3 is 2.67 bits per heavy atom. The fraction of sp³-hybridized carbons (Fsp3) is 0.250. The second-order valence-corrected chi connectivity index (χ2v) is 8.44. The number of benzene rings is 2. The number of para-hydroxylation sites is 1. The number of hydrogen-bond acceptors (Lipinski definition) is 4. The van der Waals surface area contributed by atoms with Gasteiger partial charge in [-0.3, -0.25) is 4.79 Å². The lowest BCUT2D eigenvalue weighted by Crippen LogP contribution is -3.13. The first-order valence-corrected chi connectivity index (χ1v) is 11.0. The second-order valence-electron chi connectivity index (χ2n) is 7.33. The van der Waals surface area contributed by atoms with Gasteiger partial charge in [-0.1, -0.05) is 36.9 Å². The molecule has 0 atom stereocenters. The molecule has 0 bridgehead atoms. The van der Waals surface area contributed by atoms with Crippen LogP contribution in [0.15, 0.2) is 67.3 Å². The Morgan fingerprint density at radius 2 is 1.93 bits per heavy atom. The zero-order valence-corrected chi connectivity index (χ0v) is 17.7. The molecule has 0 saturated carbocycles. The maximum absolute atomic E-state index is 12.5. The van der Waals surface area contributed by atoms with Gasteiger partial charge >= 0.3 is 0 Å². The molecule has 1 amide bonds. The number of fused-ring (bicyclic) bond motifs is 1. The summed E-state index contributed by atoms with van der Waals surface area (Å²) in [6.07, 6.45) is 5.24. The molecular formula is C24H26N3O2S+. The average molecular weight is 421 g/mol. The number of amides is 1. The number of carbonyl (C=O) groups is 1. The van der Waals surface area contributed by atoms with Crippen molar-refractivity contribution >= 4 is 33.5 Å². The summed E-state index contributed by atoms with van der Waals surface area (Å²) in [4.78, 5) is 20.7. The Kier molecular flexibility index (Phi) is 6.57. The highest BCUT2D eigenvalue weighted by molar-refractivity contribution is 7.18. The van der Waals surface area contributed by atoms with Crippen molar-refractivity contribution in [1.29, 1.82) is 0 Å². The minimum absolute atomic E-state index is 0.0704. The van der Waals surface area contributed by atoms with Gasteiger partial charge in [0.25, 0.3) is 0 Å². The van der Waals surface area contributed by atoms with Gasteiger partial charge in [-0.15, -0.1) is 11.3 Å². The van der Waals surface area contributed by atoms with Crippen molar-refractivity contribution in [1.82, 2.24) is 9.88 Å². The maximum Gasteiger partial charge on any atom is 0.246 e. The van der Waals surface area contributed by atoms with Crippen molar-refractivity contribution < 1.29 is 14.4 Å². The lowest BCUT2D eigenvalue weighted by atomic mass is 10.2. The third kappa shape index (κ3) is 5.14. The summed E-state index contributed by atoms with van der Waals surface area (Å²) in [6, 6.07) is 16.0. The van der Waals surface area contributed by atoms with E-state index in [0.717, 1.165) is 49.6 Å². The molecule has 6 heteroatoms. The first kappa shape index (κ1) is 20.3. The van der Waals surface area contributed by atoms with E-state index in [-0.39, 0.29) is 5.91 Å². The Hall–Kier alpha value is -2.96. The number of quaternary nitrogens is 1. The number of nitrogens with zero attached hydrogens (tertiary/aromatic N) is 2. The van der Waals surface area contributed by atoms with Crippen LogP contribution in [0.4, 0.5) is 0 Å². The van der Waals surface area contributed by atoms with E-state index in [0.29, 0.717) is 6.61 Å². The van der Waals surface area contributed by atoms with Gasteiger partial charge < -0.3 is 14.5 Å². The number of ether oxygens (including phenoxy) is 1. The topological polar surface area (TPSA) is 46.9 Å². The van der Waals surface area contributed by atoms with Gasteiger partial charge in [0.2, 0.25) is 5.91 Å². The molecule has 2 aromatic carbocycles.